The Balaban J connectivity index is 1.65. The molecule has 0 spiro atoms. The Labute approximate surface area is 205 Å². The van der Waals surface area contributed by atoms with E-state index in [0.717, 1.165) is 31.9 Å². The molecule has 4 N–H and O–H groups in total. The fourth-order valence-corrected chi connectivity index (χ4v) is 3.76. The minimum atomic E-state index is -0.404. The summed E-state index contributed by atoms with van der Waals surface area (Å²) in [6.07, 6.45) is 1.88. The van der Waals surface area contributed by atoms with Gasteiger partial charge in [0.15, 0.2) is 0 Å². The van der Waals surface area contributed by atoms with E-state index in [-0.39, 0.29) is 17.4 Å². The highest BCUT2D eigenvalue weighted by Crippen LogP contribution is 2.30. The highest BCUT2D eigenvalue weighted by atomic mass is 16.5. The van der Waals surface area contributed by atoms with Crippen LogP contribution >= 0.6 is 0 Å². The zero-order chi connectivity index (χ0) is 25.4. The number of rotatable bonds is 9. The van der Waals surface area contributed by atoms with Crippen LogP contribution in [0, 0.1) is 5.41 Å². The number of aromatic nitrogens is 1. The van der Waals surface area contributed by atoms with E-state index in [4.69, 9.17) is 20.6 Å². The van der Waals surface area contributed by atoms with Gasteiger partial charge in [-0.15, -0.1) is 0 Å². The summed E-state index contributed by atoms with van der Waals surface area (Å²) in [5, 5.41) is 10.9. The van der Waals surface area contributed by atoms with Gasteiger partial charge in [0.05, 0.1) is 37.7 Å². The molecule has 1 aliphatic heterocycles. The molecule has 0 atom stereocenters. The molecule has 0 saturated carbocycles. The van der Waals surface area contributed by atoms with E-state index in [2.05, 4.69) is 20.1 Å². The van der Waals surface area contributed by atoms with Crippen LogP contribution < -0.4 is 20.7 Å². The molecule has 3 rings (SSSR count). The Bertz CT molecular complexity index is 1100. The summed E-state index contributed by atoms with van der Waals surface area (Å²) in [6, 6.07) is 10.6. The topological polar surface area (TPSA) is 134 Å². The molecule has 0 bridgehead atoms. The molecular weight excluding hydrogens is 448 g/mol. The van der Waals surface area contributed by atoms with Crippen LogP contribution in [0.4, 0.5) is 11.4 Å². The molecule has 1 fully saturated rings. The van der Waals surface area contributed by atoms with Crippen molar-refractivity contribution in [3.8, 4) is 5.75 Å². The fourth-order valence-electron chi connectivity index (χ4n) is 3.76. The Morgan fingerprint density at radius 2 is 1.86 bits per heavy atom. The highest BCUT2D eigenvalue weighted by Gasteiger charge is 2.20. The molecule has 35 heavy (non-hydrogen) atoms. The number of nitrogens with zero attached hydrogens (tertiary/aromatic N) is 3. The van der Waals surface area contributed by atoms with E-state index in [1.165, 1.54) is 13.2 Å². The normalized spacial score (nSPS) is 14.4. The number of ether oxygens (including phenoxy) is 2. The van der Waals surface area contributed by atoms with Crippen molar-refractivity contribution in [1.29, 1.82) is 5.41 Å². The van der Waals surface area contributed by atoms with E-state index < -0.39 is 5.91 Å². The lowest BCUT2D eigenvalue weighted by molar-refractivity contribution is -0.141. The van der Waals surface area contributed by atoms with Crippen LogP contribution in [0.5, 0.6) is 5.75 Å². The smallest absolute Gasteiger partial charge is 0.306 e. The maximum absolute atomic E-state index is 12.8. The number of hydrogen-bond donors (Lipinski definition) is 3. The van der Waals surface area contributed by atoms with Crippen LogP contribution in [0.3, 0.4) is 0 Å². The van der Waals surface area contributed by atoms with Crippen LogP contribution in [-0.4, -0.2) is 74.4 Å². The summed E-state index contributed by atoms with van der Waals surface area (Å²) >= 11 is 0. The van der Waals surface area contributed by atoms with Crippen molar-refractivity contribution in [2.75, 3.05) is 57.2 Å². The first kappa shape index (κ1) is 25.7. The summed E-state index contributed by atoms with van der Waals surface area (Å²) in [4.78, 5) is 33.0. The van der Waals surface area contributed by atoms with E-state index in [1.54, 1.807) is 32.2 Å². The number of nitrogens with two attached hydrogens (primary N) is 1. The largest absolute Gasteiger partial charge is 0.494 e. The van der Waals surface area contributed by atoms with Crippen molar-refractivity contribution >= 4 is 29.0 Å². The number of amides is 1. The molecule has 1 aromatic carbocycles. The number of pyridine rings is 1. The average molecular weight is 481 g/mol. The van der Waals surface area contributed by atoms with Gasteiger partial charge in [-0.25, -0.2) is 4.98 Å². The Kier molecular flexibility index (Phi) is 8.80. The quantitative estimate of drug-likeness (QED) is 0.368. The van der Waals surface area contributed by atoms with Gasteiger partial charge in [-0.2, -0.15) is 0 Å². The Morgan fingerprint density at radius 1 is 1.14 bits per heavy atom. The van der Waals surface area contributed by atoms with Crippen LogP contribution in [0.1, 0.15) is 29.5 Å². The minimum Gasteiger partial charge on any atom is -0.494 e. The molecule has 10 heteroatoms. The number of carbonyl (C=O) groups is 2. The van der Waals surface area contributed by atoms with Gasteiger partial charge in [0.1, 0.15) is 11.4 Å². The highest BCUT2D eigenvalue weighted by molar-refractivity contribution is 6.07. The molecule has 10 nitrogen and oxygen atoms in total. The third-order valence-corrected chi connectivity index (χ3v) is 5.66. The second-order valence-electron chi connectivity index (χ2n) is 8.20. The molecule has 0 unspecified atom stereocenters. The van der Waals surface area contributed by atoms with Crippen LogP contribution in [0.2, 0.25) is 0 Å². The van der Waals surface area contributed by atoms with Crippen molar-refractivity contribution in [2.24, 2.45) is 5.73 Å². The Morgan fingerprint density at radius 3 is 2.51 bits per heavy atom. The second kappa shape index (κ2) is 12.0. The number of methoxy groups -OCH3 is 2. The molecule has 1 saturated heterocycles. The molecule has 0 radical (unpaired) electrons. The van der Waals surface area contributed by atoms with Crippen molar-refractivity contribution in [2.45, 2.75) is 13.3 Å². The maximum Gasteiger partial charge on any atom is 0.306 e. The van der Waals surface area contributed by atoms with Gasteiger partial charge in [-0.3, -0.25) is 19.9 Å². The zero-order valence-electron chi connectivity index (χ0n) is 20.3. The summed E-state index contributed by atoms with van der Waals surface area (Å²) in [5.74, 6) is -0.0644. The molecule has 1 aliphatic rings. The minimum absolute atomic E-state index is 0.131. The second-order valence-corrected chi connectivity index (χ2v) is 8.20. The van der Waals surface area contributed by atoms with Crippen LogP contribution in [0.25, 0.3) is 0 Å². The molecule has 0 aliphatic carbocycles. The number of anilines is 2. The van der Waals surface area contributed by atoms with E-state index >= 15 is 0 Å². The average Bonchev–Trinajstić information content (AvgIpc) is 2.87. The number of benzene rings is 1. The van der Waals surface area contributed by atoms with Gasteiger partial charge < -0.3 is 25.4 Å². The lowest BCUT2D eigenvalue weighted by atomic mass is 10.2. The van der Waals surface area contributed by atoms with Crippen LogP contribution in [0.15, 0.2) is 48.2 Å². The lowest BCUT2D eigenvalue weighted by Crippen LogP contribution is -2.47. The number of esters is 1. The standard InChI is InChI=1S/C25H32N6O4/c1-17(26)15-19(27)20-5-4-6-22(28-20)25(33)29-21-8-7-18(16-23(21)34-2)31-13-11-30(12-14-31)10-9-24(32)35-3/h4-8,15-16,27H,9-14,26H2,1-3H3,(H,29,33). The number of hydrogen-bond acceptors (Lipinski definition) is 9. The van der Waals surface area contributed by atoms with Gasteiger partial charge in [0, 0.05) is 50.2 Å². The fraction of sp³-hybridized carbons (Fsp3) is 0.360. The maximum atomic E-state index is 12.8. The van der Waals surface area contributed by atoms with Gasteiger partial charge in [0.25, 0.3) is 5.91 Å². The van der Waals surface area contributed by atoms with E-state index in [0.29, 0.717) is 35.8 Å². The lowest BCUT2D eigenvalue weighted by Gasteiger charge is -2.36. The molecule has 1 amide bonds. The van der Waals surface area contributed by atoms with Gasteiger partial charge >= 0.3 is 5.97 Å². The Hall–Kier alpha value is -3.92. The summed E-state index contributed by atoms with van der Waals surface area (Å²) < 4.78 is 10.3. The SMILES string of the molecule is COC(=O)CCN1CCN(c2ccc(NC(=O)c3cccc(C(=N)C=C(C)N)n3)c(OC)c2)CC1. The van der Waals surface area contributed by atoms with Crippen molar-refractivity contribution < 1.29 is 19.1 Å². The van der Waals surface area contributed by atoms with Crippen molar-refractivity contribution in [3.63, 3.8) is 0 Å². The zero-order valence-corrected chi connectivity index (χ0v) is 20.3. The molecular formula is C25H32N6O4. The first-order valence-electron chi connectivity index (χ1n) is 11.3. The van der Waals surface area contributed by atoms with E-state index in [9.17, 15) is 9.59 Å². The monoisotopic (exact) mass is 480 g/mol. The molecule has 2 heterocycles. The van der Waals surface area contributed by atoms with Gasteiger partial charge in [-0.05, 0) is 37.3 Å². The third-order valence-electron chi connectivity index (χ3n) is 5.66. The molecule has 2 aromatic rings. The predicted octanol–water partition coefficient (Wildman–Crippen LogP) is 2.26. The first-order valence-corrected chi connectivity index (χ1v) is 11.3. The van der Waals surface area contributed by atoms with Crippen LogP contribution in [-0.2, 0) is 9.53 Å². The van der Waals surface area contributed by atoms with E-state index in [1.807, 2.05) is 18.2 Å². The number of nitrogens with one attached hydrogen (secondary N) is 2. The van der Waals surface area contributed by atoms with Crippen molar-refractivity contribution in [3.05, 3.63) is 59.6 Å². The number of allylic oxidation sites excluding steroid dienone is 2. The van der Waals surface area contributed by atoms with Crippen molar-refractivity contribution in [1.82, 2.24) is 9.88 Å². The summed E-state index contributed by atoms with van der Waals surface area (Å²) in [6.45, 7) is 5.68. The van der Waals surface area contributed by atoms with Gasteiger partial charge in [-0.1, -0.05) is 6.07 Å². The summed E-state index contributed by atoms with van der Waals surface area (Å²) in [5.41, 5.74) is 8.32. The molecule has 1 aromatic heterocycles. The summed E-state index contributed by atoms with van der Waals surface area (Å²) in [7, 11) is 2.96. The van der Waals surface area contributed by atoms with Gasteiger partial charge in [0.2, 0.25) is 0 Å². The number of piperazine rings is 1. The first-order chi connectivity index (χ1) is 16.8. The predicted molar refractivity (Wildman–Crippen MR) is 135 cm³/mol. The third kappa shape index (κ3) is 7.03. The number of carbonyl (C=O) groups excluding carboxylic acids is 2. The molecule has 186 valence electrons.